The van der Waals surface area contributed by atoms with Gasteiger partial charge in [0.25, 0.3) is 0 Å². The molecule has 0 fully saturated rings. The van der Waals surface area contributed by atoms with Gasteiger partial charge in [0.15, 0.2) is 0 Å². The van der Waals surface area contributed by atoms with E-state index in [1.807, 2.05) is 6.92 Å². The van der Waals surface area contributed by atoms with E-state index < -0.39 is 5.60 Å². The summed E-state index contributed by atoms with van der Waals surface area (Å²) < 4.78 is 0. The quantitative estimate of drug-likeness (QED) is 0.467. The molecule has 0 aliphatic rings. The van der Waals surface area contributed by atoms with Gasteiger partial charge in [-0.25, -0.2) is 0 Å². The predicted octanol–water partition coefficient (Wildman–Crippen LogP) is 6.82. The Kier molecular flexibility index (Phi) is 8.59. The molecule has 0 aliphatic heterocycles. The molecule has 0 saturated heterocycles. The first kappa shape index (κ1) is 26.2. The third kappa shape index (κ3) is 7.40. The first-order chi connectivity index (χ1) is 13.0. The van der Waals surface area contributed by atoms with E-state index in [1.165, 1.54) is 22.3 Å². The Labute approximate surface area is 181 Å². The van der Waals surface area contributed by atoms with Crippen LogP contribution in [0.3, 0.4) is 0 Å². The Balaban J connectivity index is 3.27. The van der Waals surface area contributed by atoms with Crippen molar-refractivity contribution in [3.8, 4) is 0 Å². The van der Waals surface area contributed by atoms with Crippen molar-refractivity contribution in [3.05, 3.63) is 34.4 Å². The van der Waals surface area contributed by atoms with Gasteiger partial charge in [-0.1, -0.05) is 87.8 Å². The Morgan fingerprint density at radius 1 is 0.724 bits per heavy atom. The van der Waals surface area contributed by atoms with E-state index in [0.717, 1.165) is 25.7 Å². The van der Waals surface area contributed by atoms with Gasteiger partial charge in [0.05, 0.1) is 5.60 Å². The largest absolute Gasteiger partial charge is 0.396 e. The summed E-state index contributed by atoms with van der Waals surface area (Å²) in [5, 5.41) is 19.9. The maximum Gasteiger partial charge on any atom is 0.0667 e. The van der Waals surface area contributed by atoms with Crippen molar-refractivity contribution in [2.24, 2.45) is 0 Å². The zero-order chi connectivity index (χ0) is 22.7. The van der Waals surface area contributed by atoms with Gasteiger partial charge < -0.3 is 10.2 Å². The lowest BCUT2D eigenvalue weighted by Gasteiger charge is -2.34. The summed E-state index contributed by atoms with van der Waals surface area (Å²) in [6, 6.07) is 4.89. The first-order valence-corrected chi connectivity index (χ1v) is 11.6. The molecular formula is C27H48O2. The van der Waals surface area contributed by atoms with E-state index in [9.17, 15) is 10.2 Å². The molecule has 2 heteroatoms. The lowest BCUT2D eigenvalue weighted by molar-refractivity contribution is 0.00237. The molecule has 29 heavy (non-hydrogen) atoms. The van der Waals surface area contributed by atoms with Crippen LogP contribution in [0.5, 0.6) is 0 Å². The van der Waals surface area contributed by atoms with Crippen LogP contribution in [0.1, 0.15) is 124 Å². The number of rotatable bonds is 8. The highest BCUT2D eigenvalue weighted by Crippen LogP contribution is 2.39. The topological polar surface area (TPSA) is 40.5 Å². The highest BCUT2D eigenvalue weighted by molar-refractivity contribution is 5.47. The molecule has 0 aromatic heterocycles. The highest BCUT2D eigenvalue weighted by Gasteiger charge is 2.29. The van der Waals surface area contributed by atoms with Crippen LogP contribution >= 0.6 is 0 Å². The Hall–Kier alpha value is -0.860. The number of hydrogen-bond acceptors (Lipinski definition) is 2. The standard InChI is InChI=1S/C27H48O2/c1-11-27(29,16-17-28)15-13-12-14-21-22(25(5,6)7)18-20(24(2,3)4)19-23(21)26(8,9)10/h18-19,28-29H,11-17H2,1-10H3. The second-order valence-electron chi connectivity index (χ2n) is 12.1. The average Bonchev–Trinajstić information content (AvgIpc) is 2.56. The molecule has 0 radical (unpaired) electrons. The van der Waals surface area contributed by atoms with Crippen LogP contribution in [-0.2, 0) is 22.7 Å². The van der Waals surface area contributed by atoms with E-state index >= 15 is 0 Å². The number of unbranched alkanes of at least 4 members (excludes halogenated alkanes) is 1. The number of aliphatic hydroxyl groups is 2. The van der Waals surface area contributed by atoms with Crippen molar-refractivity contribution in [1.29, 1.82) is 0 Å². The molecular weight excluding hydrogens is 356 g/mol. The van der Waals surface area contributed by atoms with Crippen molar-refractivity contribution >= 4 is 0 Å². The van der Waals surface area contributed by atoms with Gasteiger partial charge in [-0.2, -0.15) is 0 Å². The lowest BCUT2D eigenvalue weighted by atomic mass is 9.71. The molecule has 1 rings (SSSR count). The second-order valence-corrected chi connectivity index (χ2v) is 12.1. The molecule has 0 saturated carbocycles. The molecule has 1 unspecified atom stereocenters. The van der Waals surface area contributed by atoms with Gasteiger partial charge in [-0.3, -0.25) is 0 Å². The van der Waals surface area contributed by atoms with Crippen LogP contribution in [0.15, 0.2) is 12.1 Å². The van der Waals surface area contributed by atoms with E-state index in [1.54, 1.807) is 0 Å². The van der Waals surface area contributed by atoms with E-state index in [-0.39, 0.29) is 22.9 Å². The maximum atomic E-state index is 10.7. The minimum Gasteiger partial charge on any atom is -0.396 e. The number of benzene rings is 1. The summed E-state index contributed by atoms with van der Waals surface area (Å²) in [4.78, 5) is 0. The Morgan fingerprint density at radius 3 is 1.55 bits per heavy atom. The summed E-state index contributed by atoms with van der Waals surface area (Å²) in [5.41, 5.74) is 5.45. The minimum absolute atomic E-state index is 0.0565. The van der Waals surface area contributed by atoms with Crippen molar-refractivity contribution < 1.29 is 10.2 Å². The third-order valence-corrected chi connectivity index (χ3v) is 6.29. The van der Waals surface area contributed by atoms with E-state index in [0.29, 0.717) is 12.8 Å². The molecule has 1 atom stereocenters. The Morgan fingerprint density at radius 2 is 1.21 bits per heavy atom. The molecule has 168 valence electrons. The molecule has 2 nitrogen and oxygen atoms in total. The van der Waals surface area contributed by atoms with E-state index in [4.69, 9.17) is 0 Å². The molecule has 0 aliphatic carbocycles. The third-order valence-electron chi connectivity index (χ3n) is 6.29. The fraction of sp³-hybridized carbons (Fsp3) is 0.778. The smallest absolute Gasteiger partial charge is 0.0667 e. The van der Waals surface area contributed by atoms with Crippen LogP contribution < -0.4 is 0 Å². The molecule has 1 aromatic rings. The fourth-order valence-corrected chi connectivity index (χ4v) is 4.16. The molecule has 1 aromatic carbocycles. The normalized spacial score (nSPS) is 15.4. The molecule has 2 N–H and O–H groups in total. The van der Waals surface area contributed by atoms with Gasteiger partial charge >= 0.3 is 0 Å². The monoisotopic (exact) mass is 404 g/mol. The minimum atomic E-state index is -0.718. The van der Waals surface area contributed by atoms with Crippen molar-refractivity contribution in [2.45, 2.75) is 130 Å². The van der Waals surface area contributed by atoms with Gasteiger partial charge in [-0.05, 0) is 70.6 Å². The van der Waals surface area contributed by atoms with Crippen LogP contribution in [0.4, 0.5) is 0 Å². The van der Waals surface area contributed by atoms with Gasteiger partial charge in [0.1, 0.15) is 0 Å². The van der Waals surface area contributed by atoms with Crippen molar-refractivity contribution in [3.63, 3.8) is 0 Å². The summed E-state index contributed by atoms with van der Waals surface area (Å²) in [6.45, 7) is 22.9. The average molecular weight is 405 g/mol. The highest BCUT2D eigenvalue weighted by atomic mass is 16.3. The summed E-state index contributed by atoms with van der Waals surface area (Å²) in [6.07, 6.45) is 5.04. The van der Waals surface area contributed by atoms with Gasteiger partial charge in [0.2, 0.25) is 0 Å². The number of hydrogen-bond donors (Lipinski definition) is 2. The Bertz CT molecular complexity index is 618. The summed E-state index contributed by atoms with van der Waals surface area (Å²) >= 11 is 0. The van der Waals surface area contributed by atoms with Crippen molar-refractivity contribution in [1.82, 2.24) is 0 Å². The van der Waals surface area contributed by atoms with Gasteiger partial charge in [0, 0.05) is 6.61 Å². The second kappa shape index (κ2) is 9.52. The first-order valence-electron chi connectivity index (χ1n) is 11.6. The van der Waals surface area contributed by atoms with Crippen LogP contribution in [0, 0.1) is 0 Å². The van der Waals surface area contributed by atoms with E-state index in [2.05, 4.69) is 74.4 Å². The summed E-state index contributed by atoms with van der Waals surface area (Å²) in [5.74, 6) is 0. The van der Waals surface area contributed by atoms with Crippen LogP contribution in [0.2, 0.25) is 0 Å². The zero-order valence-corrected chi connectivity index (χ0v) is 21.0. The predicted molar refractivity (Wildman–Crippen MR) is 127 cm³/mol. The lowest BCUT2D eigenvalue weighted by Crippen LogP contribution is -2.29. The maximum absolute atomic E-state index is 10.7. The number of aliphatic hydroxyl groups excluding tert-OH is 1. The van der Waals surface area contributed by atoms with Crippen molar-refractivity contribution in [2.75, 3.05) is 6.61 Å². The zero-order valence-electron chi connectivity index (χ0n) is 21.0. The van der Waals surface area contributed by atoms with Gasteiger partial charge in [-0.15, -0.1) is 0 Å². The van der Waals surface area contributed by atoms with Crippen LogP contribution in [0.25, 0.3) is 0 Å². The molecule has 0 bridgehead atoms. The fourth-order valence-electron chi connectivity index (χ4n) is 4.16. The van der Waals surface area contributed by atoms with Crippen LogP contribution in [-0.4, -0.2) is 22.4 Å². The summed E-state index contributed by atoms with van der Waals surface area (Å²) in [7, 11) is 0. The molecule has 0 heterocycles. The SMILES string of the molecule is CCC(O)(CCO)CCCCc1c(C(C)(C)C)cc(C(C)(C)C)cc1C(C)(C)C. The molecule has 0 amide bonds. The molecule has 0 spiro atoms.